The van der Waals surface area contributed by atoms with Crippen LogP contribution in [0.3, 0.4) is 0 Å². The first kappa shape index (κ1) is 11.3. The summed E-state index contributed by atoms with van der Waals surface area (Å²) in [4.78, 5) is 16.2. The van der Waals surface area contributed by atoms with E-state index in [1.165, 1.54) is 17.3 Å². The molecule has 1 aromatic rings. The number of para-hydroxylation sites is 1. The topological polar surface area (TPSA) is 23.6 Å². The van der Waals surface area contributed by atoms with Crippen LogP contribution < -0.4 is 4.90 Å². The van der Waals surface area contributed by atoms with Gasteiger partial charge in [0.25, 0.3) is 0 Å². The predicted octanol–water partition coefficient (Wildman–Crippen LogP) is 1.84. The molecule has 2 heterocycles. The molecule has 0 aromatic heterocycles. The summed E-state index contributed by atoms with van der Waals surface area (Å²) in [7, 11) is 0. The molecule has 0 radical (unpaired) electrons. The van der Waals surface area contributed by atoms with Crippen LogP contribution in [0.2, 0.25) is 0 Å². The molecule has 0 spiro atoms. The molecule has 2 aliphatic rings. The van der Waals surface area contributed by atoms with E-state index in [9.17, 15) is 4.79 Å². The highest BCUT2D eigenvalue weighted by atomic mass is 16.2. The molecular weight excluding hydrogens is 224 g/mol. The molecule has 18 heavy (non-hydrogen) atoms. The predicted molar refractivity (Wildman–Crippen MR) is 72.7 cm³/mol. The van der Waals surface area contributed by atoms with Gasteiger partial charge in [0.05, 0.1) is 6.04 Å². The van der Waals surface area contributed by atoms with Crippen LogP contribution in [-0.2, 0) is 11.2 Å². The highest BCUT2D eigenvalue weighted by Crippen LogP contribution is 2.33. The van der Waals surface area contributed by atoms with Crippen molar-refractivity contribution in [3.05, 3.63) is 42.5 Å². The lowest BCUT2D eigenvalue weighted by Crippen LogP contribution is -2.40. The van der Waals surface area contributed by atoms with Crippen LogP contribution in [0, 0.1) is 0 Å². The summed E-state index contributed by atoms with van der Waals surface area (Å²) in [6.45, 7) is 6.30. The highest BCUT2D eigenvalue weighted by molar-refractivity contribution is 5.87. The first-order chi connectivity index (χ1) is 8.79. The van der Waals surface area contributed by atoms with Gasteiger partial charge < -0.3 is 9.80 Å². The lowest BCUT2D eigenvalue weighted by Gasteiger charge is -2.27. The molecule has 94 valence electrons. The van der Waals surface area contributed by atoms with Crippen LogP contribution in [-0.4, -0.2) is 36.5 Å². The van der Waals surface area contributed by atoms with Gasteiger partial charge in [0.1, 0.15) is 0 Å². The van der Waals surface area contributed by atoms with Gasteiger partial charge in [-0.05, 0) is 30.5 Å². The van der Waals surface area contributed by atoms with Crippen LogP contribution in [0.15, 0.2) is 36.9 Å². The van der Waals surface area contributed by atoms with E-state index in [-0.39, 0.29) is 5.91 Å². The lowest BCUT2D eigenvalue weighted by molar-refractivity contribution is -0.126. The molecule has 1 amide bonds. The summed E-state index contributed by atoms with van der Waals surface area (Å²) in [5, 5.41) is 0. The largest absolute Gasteiger partial charge is 0.366 e. The summed E-state index contributed by atoms with van der Waals surface area (Å²) in [5.74, 6) is 0.0628. The van der Waals surface area contributed by atoms with E-state index >= 15 is 0 Å². The second-order valence-corrected chi connectivity index (χ2v) is 5.02. The lowest BCUT2D eigenvalue weighted by atomic mass is 10.1. The maximum absolute atomic E-state index is 11.8. The third-order valence-electron chi connectivity index (χ3n) is 3.94. The zero-order chi connectivity index (χ0) is 12.5. The fraction of sp³-hybridized carbons (Fsp3) is 0.400. The van der Waals surface area contributed by atoms with Crippen molar-refractivity contribution in [2.24, 2.45) is 0 Å². The maximum Gasteiger partial charge on any atom is 0.246 e. The number of fused-ring (bicyclic) bond motifs is 3. The second-order valence-electron chi connectivity index (χ2n) is 5.02. The number of benzene rings is 1. The van der Waals surface area contributed by atoms with Crippen molar-refractivity contribution in [1.29, 1.82) is 0 Å². The van der Waals surface area contributed by atoms with E-state index in [4.69, 9.17) is 0 Å². The first-order valence-corrected chi connectivity index (χ1v) is 6.55. The number of carbonyl (C=O) groups is 1. The smallest absolute Gasteiger partial charge is 0.246 e. The molecule has 1 fully saturated rings. The Kier molecular flexibility index (Phi) is 2.82. The number of hydrogen-bond acceptors (Lipinski definition) is 2. The van der Waals surface area contributed by atoms with Gasteiger partial charge in [0.2, 0.25) is 5.91 Å². The van der Waals surface area contributed by atoms with Gasteiger partial charge in [-0.15, -0.1) is 0 Å². The number of carbonyl (C=O) groups excluding carboxylic acids is 1. The van der Waals surface area contributed by atoms with Gasteiger partial charge >= 0.3 is 0 Å². The second kappa shape index (κ2) is 4.48. The molecule has 0 N–H and O–H groups in total. The molecule has 0 unspecified atom stereocenters. The number of rotatable bonds is 1. The van der Waals surface area contributed by atoms with E-state index < -0.39 is 0 Å². The van der Waals surface area contributed by atoms with Crippen molar-refractivity contribution in [2.45, 2.75) is 18.9 Å². The Balaban J connectivity index is 1.84. The molecule has 1 atom stereocenters. The summed E-state index contributed by atoms with van der Waals surface area (Å²) in [6, 6.07) is 9.02. The maximum atomic E-state index is 11.8. The van der Waals surface area contributed by atoms with Crippen LogP contribution in [0.5, 0.6) is 0 Å². The number of hydrogen-bond donors (Lipinski definition) is 0. The number of anilines is 1. The first-order valence-electron chi connectivity index (χ1n) is 6.55. The molecule has 2 aliphatic heterocycles. The molecular formula is C15H18N2O. The van der Waals surface area contributed by atoms with Crippen molar-refractivity contribution < 1.29 is 4.79 Å². The average molecular weight is 242 g/mol. The highest BCUT2D eigenvalue weighted by Gasteiger charge is 2.32. The van der Waals surface area contributed by atoms with Gasteiger partial charge in [-0.25, -0.2) is 0 Å². The van der Waals surface area contributed by atoms with Crippen LogP contribution in [0.25, 0.3) is 0 Å². The SMILES string of the molecule is C=CC(=O)N1CCCN2c3ccccc3C[C@H]2C1. The Hall–Kier alpha value is -1.77. The number of amides is 1. The van der Waals surface area contributed by atoms with E-state index in [0.29, 0.717) is 6.04 Å². The van der Waals surface area contributed by atoms with Gasteiger partial charge in [-0.2, -0.15) is 0 Å². The van der Waals surface area contributed by atoms with E-state index in [1.54, 1.807) is 0 Å². The summed E-state index contributed by atoms with van der Waals surface area (Å²) < 4.78 is 0. The van der Waals surface area contributed by atoms with Crippen LogP contribution in [0.1, 0.15) is 12.0 Å². The molecule has 3 nitrogen and oxygen atoms in total. The van der Waals surface area contributed by atoms with Crippen molar-refractivity contribution in [2.75, 3.05) is 24.5 Å². The third-order valence-corrected chi connectivity index (χ3v) is 3.94. The summed E-state index contributed by atoms with van der Waals surface area (Å²) >= 11 is 0. The minimum Gasteiger partial charge on any atom is -0.366 e. The Morgan fingerprint density at radius 2 is 2.17 bits per heavy atom. The van der Waals surface area contributed by atoms with Crippen LogP contribution in [0.4, 0.5) is 5.69 Å². The Labute approximate surface area is 108 Å². The Morgan fingerprint density at radius 1 is 1.33 bits per heavy atom. The monoisotopic (exact) mass is 242 g/mol. The zero-order valence-electron chi connectivity index (χ0n) is 10.5. The zero-order valence-corrected chi connectivity index (χ0v) is 10.5. The Morgan fingerprint density at radius 3 is 3.00 bits per heavy atom. The van der Waals surface area contributed by atoms with Crippen molar-refractivity contribution in [3.63, 3.8) is 0 Å². The molecule has 0 bridgehead atoms. The van der Waals surface area contributed by atoms with Gasteiger partial charge in [-0.3, -0.25) is 4.79 Å². The minimum absolute atomic E-state index is 0.0628. The van der Waals surface area contributed by atoms with Crippen molar-refractivity contribution >= 4 is 11.6 Å². The minimum atomic E-state index is 0.0628. The molecule has 0 saturated carbocycles. The summed E-state index contributed by atoms with van der Waals surface area (Å²) in [5.41, 5.74) is 2.77. The van der Waals surface area contributed by atoms with Gasteiger partial charge in [0.15, 0.2) is 0 Å². The van der Waals surface area contributed by atoms with Gasteiger partial charge in [0, 0.05) is 25.3 Å². The van der Waals surface area contributed by atoms with E-state index in [2.05, 4.69) is 35.7 Å². The average Bonchev–Trinajstić information content (AvgIpc) is 2.61. The standard InChI is InChI=1S/C15H18N2O/c1-2-15(18)16-8-5-9-17-13(11-16)10-12-6-3-4-7-14(12)17/h2-4,6-7,13H,1,5,8-11H2/t13-/m0/s1. The molecule has 3 rings (SSSR count). The third kappa shape index (κ3) is 1.80. The van der Waals surface area contributed by atoms with Crippen molar-refractivity contribution in [1.82, 2.24) is 4.90 Å². The molecule has 1 saturated heterocycles. The van der Waals surface area contributed by atoms with Crippen LogP contribution >= 0.6 is 0 Å². The van der Waals surface area contributed by atoms with E-state index in [0.717, 1.165) is 32.5 Å². The number of nitrogens with zero attached hydrogens (tertiary/aromatic N) is 2. The van der Waals surface area contributed by atoms with E-state index in [1.807, 2.05) is 4.90 Å². The summed E-state index contributed by atoms with van der Waals surface area (Å²) in [6.07, 6.45) is 3.51. The molecule has 1 aromatic carbocycles. The Bertz CT molecular complexity index is 483. The fourth-order valence-electron chi connectivity index (χ4n) is 3.10. The quantitative estimate of drug-likeness (QED) is 0.702. The van der Waals surface area contributed by atoms with Gasteiger partial charge in [-0.1, -0.05) is 24.8 Å². The fourth-order valence-corrected chi connectivity index (χ4v) is 3.10. The van der Waals surface area contributed by atoms with Crippen molar-refractivity contribution in [3.8, 4) is 0 Å². The molecule has 3 heteroatoms. The molecule has 0 aliphatic carbocycles. The normalized spacial score (nSPS) is 22.1.